The maximum atomic E-state index is 11.6. The smallest absolute Gasteiger partial charge is 0.250 e. The number of nitrogens with zero attached hydrogens (tertiary/aromatic N) is 1. The van der Waals surface area contributed by atoms with Crippen LogP contribution in [0.25, 0.3) is 0 Å². The van der Waals surface area contributed by atoms with Crippen LogP contribution in [0.15, 0.2) is 23.1 Å². The van der Waals surface area contributed by atoms with E-state index in [1.54, 1.807) is 0 Å². The van der Waals surface area contributed by atoms with Crippen molar-refractivity contribution in [3.8, 4) is 0 Å². The minimum absolute atomic E-state index is 0.0457. The zero-order valence-electron chi connectivity index (χ0n) is 10.4. The van der Waals surface area contributed by atoms with Crippen LogP contribution in [0.3, 0.4) is 0 Å². The quantitative estimate of drug-likeness (QED) is 0.712. The predicted molar refractivity (Wildman–Crippen MR) is 73.5 cm³/mol. The van der Waals surface area contributed by atoms with E-state index in [-0.39, 0.29) is 17.9 Å². The highest BCUT2D eigenvalue weighted by Gasteiger charge is 2.15. The van der Waals surface area contributed by atoms with Gasteiger partial charge in [0.1, 0.15) is 9.84 Å². The molecule has 1 rings (SSSR count). The molecule has 0 aliphatic rings. The third-order valence-corrected chi connectivity index (χ3v) is 5.25. The van der Waals surface area contributed by atoms with Crippen molar-refractivity contribution in [1.82, 2.24) is 4.57 Å². The first-order chi connectivity index (χ1) is 8.59. The molecule has 19 heavy (non-hydrogen) atoms. The fourth-order valence-corrected chi connectivity index (χ4v) is 4.25. The molecule has 0 saturated heterocycles. The Bertz CT molecular complexity index is 704. The van der Waals surface area contributed by atoms with Crippen LogP contribution in [-0.4, -0.2) is 44.9 Å². The van der Waals surface area contributed by atoms with Crippen molar-refractivity contribution in [3.05, 3.63) is 28.7 Å². The van der Waals surface area contributed by atoms with Crippen LogP contribution >= 0.6 is 0 Å². The Balaban J connectivity index is 2.70. The monoisotopic (exact) mass is 308 g/mol. The van der Waals surface area contributed by atoms with Crippen LogP contribution < -0.4 is 11.3 Å². The summed E-state index contributed by atoms with van der Waals surface area (Å²) in [6.45, 7) is -0.0457. The highest BCUT2D eigenvalue weighted by Crippen LogP contribution is 1.99. The van der Waals surface area contributed by atoms with E-state index < -0.39 is 31.2 Å². The van der Waals surface area contributed by atoms with Gasteiger partial charge in [-0.2, -0.15) is 0 Å². The number of aromatic nitrogens is 1. The number of rotatable bonds is 6. The van der Waals surface area contributed by atoms with Gasteiger partial charge >= 0.3 is 0 Å². The molecular formula is C10H16N2O5S2. The number of sulfone groups is 2. The highest BCUT2D eigenvalue weighted by atomic mass is 32.2. The number of pyridine rings is 1. The Morgan fingerprint density at radius 2 is 1.74 bits per heavy atom. The number of anilines is 1. The van der Waals surface area contributed by atoms with Gasteiger partial charge in [0, 0.05) is 30.8 Å². The number of hydrogen-bond acceptors (Lipinski definition) is 6. The molecule has 0 aliphatic carbocycles. The highest BCUT2D eigenvalue weighted by molar-refractivity contribution is 7.94. The number of nitrogen functional groups attached to an aromatic ring is 1. The van der Waals surface area contributed by atoms with Crippen molar-refractivity contribution in [2.45, 2.75) is 6.54 Å². The lowest BCUT2D eigenvalue weighted by Gasteiger charge is -2.07. The summed E-state index contributed by atoms with van der Waals surface area (Å²) in [5.74, 6) is -1.16. The fraction of sp³-hybridized carbons (Fsp3) is 0.500. The Morgan fingerprint density at radius 1 is 1.11 bits per heavy atom. The van der Waals surface area contributed by atoms with E-state index in [2.05, 4.69) is 0 Å². The van der Waals surface area contributed by atoms with Crippen molar-refractivity contribution in [3.63, 3.8) is 0 Å². The van der Waals surface area contributed by atoms with Crippen LogP contribution in [0, 0.1) is 0 Å². The lowest BCUT2D eigenvalue weighted by Crippen LogP contribution is -2.26. The zero-order valence-corrected chi connectivity index (χ0v) is 12.1. The molecule has 0 spiro atoms. The molecule has 1 aromatic heterocycles. The Morgan fingerprint density at radius 3 is 2.32 bits per heavy atom. The Hall–Kier alpha value is -1.35. The molecule has 0 fully saturated rings. The number of aryl methyl sites for hydroxylation is 1. The summed E-state index contributed by atoms with van der Waals surface area (Å²) in [5, 5.41) is 0. The van der Waals surface area contributed by atoms with Gasteiger partial charge < -0.3 is 10.3 Å². The van der Waals surface area contributed by atoms with Crippen molar-refractivity contribution < 1.29 is 16.8 Å². The van der Waals surface area contributed by atoms with Crippen molar-refractivity contribution in [2.75, 3.05) is 29.2 Å². The molecule has 0 radical (unpaired) electrons. The van der Waals surface area contributed by atoms with Gasteiger partial charge in [-0.15, -0.1) is 0 Å². The Kier molecular flexibility index (Phi) is 4.75. The van der Waals surface area contributed by atoms with Crippen LogP contribution in [-0.2, 0) is 26.2 Å². The van der Waals surface area contributed by atoms with E-state index in [9.17, 15) is 21.6 Å². The van der Waals surface area contributed by atoms with Gasteiger partial charge in [-0.3, -0.25) is 4.79 Å². The van der Waals surface area contributed by atoms with E-state index in [1.807, 2.05) is 0 Å². The van der Waals surface area contributed by atoms with Crippen LogP contribution in [0.2, 0.25) is 0 Å². The molecule has 1 heterocycles. The molecule has 1 aromatic rings. The first kappa shape index (κ1) is 15.7. The minimum Gasteiger partial charge on any atom is -0.398 e. The largest absolute Gasteiger partial charge is 0.398 e. The molecule has 7 nitrogen and oxygen atoms in total. The first-order valence-corrected chi connectivity index (χ1v) is 9.31. The van der Waals surface area contributed by atoms with Gasteiger partial charge in [0.2, 0.25) is 0 Å². The third-order valence-electron chi connectivity index (χ3n) is 2.41. The van der Waals surface area contributed by atoms with Gasteiger partial charge in [0.05, 0.1) is 17.3 Å². The summed E-state index contributed by atoms with van der Waals surface area (Å²) in [4.78, 5) is 11.4. The Labute approximate surface area is 111 Å². The van der Waals surface area contributed by atoms with E-state index in [0.29, 0.717) is 5.69 Å². The maximum absolute atomic E-state index is 11.6. The molecule has 0 aromatic carbocycles. The standard InChI is InChI=1S/C10H16N2O5S2/c1-18(14,15)6-7-19(16,17)5-4-12-8-9(11)2-3-10(12)13/h2-3,8H,4-7,11H2,1H3. The molecular weight excluding hydrogens is 292 g/mol. The molecule has 9 heteroatoms. The fourth-order valence-electron chi connectivity index (χ4n) is 1.34. The second-order valence-electron chi connectivity index (χ2n) is 4.28. The van der Waals surface area contributed by atoms with Gasteiger partial charge in [-0.1, -0.05) is 0 Å². The second kappa shape index (κ2) is 5.74. The summed E-state index contributed by atoms with van der Waals surface area (Å²) in [7, 11) is -6.85. The maximum Gasteiger partial charge on any atom is 0.250 e. The lowest BCUT2D eigenvalue weighted by molar-refractivity contribution is 0.584. The van der Waals surface area contributed by atoms with E-state index in [0.717, 1.165) is 6.26 Å². The number of nitrogens with two attached hydrogens (primary N) is 1. The van der Waals surface area contributed by atoms with Gasteiger partial charge in [-0.25, -0.2) is 16.8 Å². The summed E-state index contributed by atoms with van der Waals surface area (Å²) in [5.41, 5.74) is 5.49. The molecule has 0 unspecified atom stereocenters. The number of hydrogen-bond donors (Lipinski definition) is 1. The van der Waals surface area contributed by atoms with E-state index >= 15 is 0 Å². The molecule has 0 atom stereocenters. The molecule has 108 valence electrons. The third kappa shape index (κ3) is 5.88. The molecule has 0 saturated carbocycles. The average Bonchev–Trinajstić information content (AvgIpc) is 2.27. The van der Waals surface area contributed by atoms with Crippen molar-refractivity contribution in [1.29, 1.82) is 0 Å². The van der Waals surface area contributed by atoms with Crippen molar-refractivity contribution >= 4 is 25.4 Å². The average molecular weight is 308 g/mol. The van der Waals surface area contributed by atoms with Crippen LogP contribution in [0.1, 0.15) is 0 Å². The summed E-state index contributed by atoms with van der Waals surface area (Å²) in [6, 6.07) is 2.68. The van der Waals surface area contributed by atoms with Gasteiger partial charge in [0.15, 0.2) is 9.84 Å². The van der Waals surface area contributed by atoms with Gasteiger partial charge in [-0.05, 0) is 6.07 Å². The summed E-state index contributed by atoms with van der Waals surface area (Å²) >= 11 is 0. The normalized spacial score (nSPS) is 12.5. The SMILES string of the molecule is CS(=O)(=O)CCS(=O)(=O)CCn1cc(N)ccc1=O. The summed E-state index contributed by atoms with van der Waals surface area (Å²) in [6.07, 6.45) is 2.33. The van der Waals surface area contributed by atoms with E-state index in [1.165, 1.54) is 22.9 Å². The molecule has 0 amide bonds. The zero-order chi connectivity index (χ0) is 14.7. The molecule has 2 N–H and O–H groups in total. The topological polar surface area (TPSA) is 116 Å². The van der Waals surface area contributed by atoms with E-state index in [4.69, 9.17) is 5.73 Å². The molecule has 0 aliphatic heterocycles. The minimum atomic E-state index is -3.52. The summed E-state index contributed by atoms with van der Waals surface area (Å²) < 4.78 is 46.3. The van der Waals surface area contributed by atoms with Crippen LogP contribution in [0.5, 0.6) is 0 Å². The van der Waals surface area contributed by atoms with Crippen molar-refractivity contribution in [2.24, 2.45) is 0 Å². The second-order valence-corrected chi connectivity index (χ2v) is 8.84. The molecule has 0 bridgehead atoms. The van der Waals surface area contributed by atoms with Crippen LogP contribution in [0.4, 0.5) is 5.69 Å². The lowest BCUT2D eigenvalue weighted by atomic mass is 10.4. The first-order valence-electron chi connectivity index (χ1n) is 5.43. The van der Waals surface area contributed by atoms with Gasteiger partial charge in [0.25, 0.3) is 5.56 Å². The predicted octanol–water partition coefficient (Wildman–Crippen LogP) is -1.11.